The van der Waals surface area contributed by atoms with Crippen molar-refractivity contribution in [3.05, 3.63) is 52.5 Å². The number of nitrogens with two attached hydrogens (primary N) is 1. The van der Waals surface area contributed by atoms with Gasteiger partial charge in [0, 0.05) is 16.3 Å². The second-order valence-electron chi connectivity index (χ2n) is 4.99. The highest BCUT2D eigenvalue weighted by Crippen LogP contribution is 2.29. The summed E-state index contributed by atoms with van der Waals surface area (Å²) < 4.78 is 5.76. The van der Waals surface area contributed by atoms with Crippen LogP contribution in [0.25, 0.3) is 0 Å². The van der Waals surface area contributed by atoms with Crippen molar-refractivity contribution in [3.63, 3.8) is 0 Å². The number of rotatable bonds is 6. The Labute approximate surface area is 135 Å². The lowest BCUT2D eigenvalue weighted by molar-refractivity contribution is 0.318. The van der Waals surface area contributed by atoms with Gasteiger partial charge in [-0.25, -0.2) is 0 Å². The molecule has 0 heterocycles. The molecular weight excluding hydrogens is 302 g/mol. The van der Waals surface area contributed by atoms with Gasteiger partial charge in [0.2, 0.25) is 0 Å². The van der Waals surface area contributed by atoms with Gasteiger partial charge >= 0.3 is 0 Å². The monoisotopic (exact) mass is 321 g/mol. The molecule has 0 aliphatic heterocycles. The minimum Gasteiger partial charge on any atom is -0.494 e. The van der Waals surface area contributed by atoms with E-state index in [4.69, 9.17) is 22.1 Å². The van der Waals surface area contributed by atoms with Crippen molar-refractivity contribution in [2.24, 2.45) is 0 Å². The van der Waals surface area contributed by atoms with Gasteiger partial charge in [-0.3, -0.25) is 0 Å². The molecule has 2 rings (SSSR count). The summed E-state index contributed by atoms with van der Waals surface area (Å²) in [5.74, 6) is 1.91. The van der Waals surface area contributed by atoms with E-state index >= 15 is 0 Å². The van der Waals surface area contributed by atoms with Crippen molar-refractivity contribution in [2.45, 2.75) is 25.2 Å². The van der Waals surface area contributed by atoms with Crippen molar-refractivity contribution in [1.29, 1.82) is 0 Å². The molecule has 112 valence electrons. The van der Waals surface area contributed by atoms with Crippen molar-refractivity contribution in [3.8, 4) is 5.75 Å². The number of benzene rings is 2. The van der Waals surface area contributed by atoms with E-state index in [1.54, 1.807) is 17.8 Å². The Morgan fingerprint density at radius 1 is 1.10 bits per heavy atom. The molecule has 4 heteroatoms. The van der Waals surface area contributed by atoms with Gasteiger partial charge in [0.15, 0.2) is 0 Å². The Morgan fingerprint density at radius 2 is 1.90 bits per heavy atom. The second kappa shape index (κ2) is 7.62. The molecule has 2 N–H and O–H groups in total. The zero-order chi connectivity index (χ0) is 15.2. The van der Waals surface area contributed by atoms with E-state index in [0.29, 0.717) is 12.3 Å². The van der Waals surface area contributed by atoms with E-state index in [0.717, 1.165) is 27.8 Å². The van der Waals surface area contributed by atoms with Gasteiger partial charge in [-0.05, 0) is 61.7 Å². The molecule has 2 nitrogen and oxygen atoms in total. The average molecular weight is 322 g/mol. The van der Waals surface area contributed by atoms with Crippen LogP contribution in [0.4, 0.5) is 5.69 Å². The van der Waals surface area contributed by atoms with E-state index in [1.165, 1.54) is 11.1 Å². The minimum absolute atomic E-state index is 0.697. The fourth-order valence-corrected chi connectivity index (χ4v) is 3.06. The maximum Gasteiger partial charge on any atom is 0.119 e. The number of nitrogen functional groups attached to an aromatic ring is 1. The number of hydrogen-bond acceptors (Lipinski definition) is 3. The molecular formula is C17H20ClNOS. The number of thioether (sulfide) groups is 1. The van der Waals surface area contributed by atoms with Crippen molar-refractivity contribution in [1.82, 2.24) is 0 Å². The molecule has 2 aromatic carbocycles. The molecule has 0 radical (unpaired) electrons. The van der Waals surface area contributed by atoms with Crippen LogP contribution in [0, 0.1) is 13.8 Å². The second-order valence-corrected chi connectivity index (χ2v) is 6.53. The van der Waals surface area contributed by atoms with E-state index in [9.17, 15) is 0 Å². The quantitative estimate of drug-likeness (QED) is 0.456. The Hall–Kier alpha value is -1.32. The van der Waals surface area contributed by atoms with Gasteiger partial charge in [-0.1, -0.05) is 17.7 Å². The highest BCUT2D eigenvalue weighted by molar-refractivity contribution is 7.99. The molecule has 0 aliphatic rings. The van der Waals surface area contributed by atoms with Crippen LogP contribution in [0.15, 0.2) is 41.3 Å². The maximum atomic E-state index is 6.14. The lowest BCUT2D eigenvalue weighted by Gasteiger charge is -2.09. The van der Waals surface area contributed by atoms with Gasteiger partial charge < -0.3 is 10.5 Å². The van der Waals surface area contributed by atoms with E-state index in [1.807, 2.05) is 18.2 Å². The van der Waals surface area contributed by atoms with E-state index in [-0.39, 0.29) is 0 Å². The normalized spacial score (nSPS) is 10.6. The molecule has 0 aromatic heterocycles. The first kappa shape index (κ1) is 16.1. The standard InChI is InChI=1S/C17H20ClNOS/c1-12-4-6-15(10-13(12)2)20-8-3-9-21-17-7-5-14(19)11-16(17)18/h4-7,10-11H,3,8-9,19H2,1-2H3. The first-order valence-corrected chi connectivity index (χ1v) is 8.30. The summed E-state index contributed by atoms with van der Waals surface area (Å²) in [5, 5.41) is 0.718. The Bertz CT molecular complexity index is 616. The highest BCUT2D eigenvalue weighted by Gasteiger charge is 2.02. The SMILES string of the molecule is Cc1ccc(OCCCSc2ccc(N)cc2Cl)cc1C. The topological polar surface area (TPSA) is 35.2 Å². The Kier molecular flexibility index (Phi) is 5.83. The van der Waals surface area contributed by atoms with Gasteiger partial charge in [-0.15, -0.1) is 11.8 Å². The summed E-state index contributed by atoms with van der Waals surface area (Å²) in [6.45, 7) is 4.91. The molecule has 0 spiro atoms. The molecule has 0 aliphatic carbocycles. The molecule has 0 amide bonds. The zero-order valence-corrected chi connectivity index (χ0v) is 13.9. The average Bonchev–Trinajstić information content (AvgIpc) is 2.44. The fraction of sp³-hybridized carbons (Fsp3) is 0.294. The number of ether oxygens (including phenoxy) is 1. The molecule has 0 unspecified atom stereocenters. The van der Waals surface area contributed by atoms with Gasteiger partial charge in [0.1, 0.15) is 5.75 Å². The molecule has 0 saturated heterocycles. The molecule has 0 saturated carbocycles. The smallest absolute Gasteiger partial charge is 0.119 e. The summed E-state index contributed by atoms with van der Waals surface area (Å²) in [6, 6.07) is 11.8. The maximum absolute atomic E-state index is 6.14. The van der Waals surface area contributed by atoms with Crippen LogP contribution in [0.1, 0.15) is 17.5 Å². The predicted molar refractivity (Wildman–Crippen MR) is 92.6 cm³/mol. The van der Waals surface area contributed by atoms with Crippen LogP contribution >= 0.6 is 23.4 Å². The summed E-state index contributed by atoms with van der Waals surface area (Å²) in [5.41, 5.74) is 8.92. The number of halogens is 1. The zero-order valence-electron chi connectivity index (χ0n) is 12.4. The number of hydrogen-bond donors (Lipinski definition) is 1. The van der Waals surface area contributed by atoms with Gasteiger partial charge in [0.05, 0.1) is 11.6 Å². The molecule has 2 aromatic rings. The lowest BCUT2D eigenvalue weighted by atomic mass is 10.1. The fourth-order valence-electron chi connectivity index (χ4n) is 1.87. The molecule has 0 bridgehead atoms. The number of anilines is 1. The summed E-state index contributed by atoms with van der Waals surface area (Å²) in [6.07, 6.45) is 0.971. The molecule has 0 fully saturated rings. The first-order valence-electron chi connectivity index (χ1n) is 6.94. The van der Waals surface area contributed by atoms with Crippen LogP contribution in [0.2, 0.25) is 5.02 Å². The van der Waals surface area contributed by atoms with E-state index < -0.39 is 0 Å². The summed E-state index contributed by atoms with van der Waals surface area (Å²) in [4.78, 5) is 1.07. The Morgan fingerprint density at radius 3 is 2.62 bits per heavy atom. The van der Waals surface area contributed by atoms with Crippen molar-refractivity contribution >= 4 is 29.1 Å². The van der Waals surface area contributed by atoms with Crippen LogP contribution in [-0.2, 0) is 0 Å². The third-order valence-corrected chi connectivity index (χ3v) is 4.83. The van der Waals surface area contributed by atoms with Gasteiger partial charge in [-0.2, -0.15) is 0 Å². The van der Waals surface area contributed by atoms with Gasteiger partial charge in [0.25, 0.3) is 0 Å². The van der Waals surface area contributed by atoms with Crippen molar-refractivity contribution < 1.29 is 4.74 Å². The van der Waals surface area contributed by atoms with E-state index in [2.05, 4.69) is 26.0 Å². The van der Waals surface area contributed by atoms with Crippen LogP contribution in [-0.4, -0.2) is 12.4 Å². The molecule has 21 heavy (non-hydrogen) atoms. The number of aryl methyl sites for hydroxylation is 2. The molecule has 0 atom stereocenters. The largest absolute Gasteiger partial charge is 0.494 e. The first-order chi connectivity index (χ1) is 10.1. The van der Waals surface area contributed by atoms with Crippen LogP contribution < -0.4 is 10.5 Å². The van der Waals surface area contributed by atoms with Crippen LogP contribution in [0.3, 0.4) is 0 Å². The highest BCUT2D eigenvalue weighted by atomic mass is 35.5. The predicted octanol–water partition coefficient (Wildman–Crippen LogP) is 5.10. The lowest BCUT2D eigenvalue weighted by Crippen LogP contribution is -1.99. The minimum atomic E-state index is 0.697. The third-order valence-electron chi connectivity index (χ3n) is 3.25. The Balaban J connectivity index is 1.73. The summed E-state index contributed by atoms with van der Waals surface area (Å²) in [7, 11) is 0. The van der Waals surface area contributed by atoms with Crippen molar-refractivity contribution in [2.75, 3.05) is 18.1 Å². The summed E-state index contributed by atoms with van der Waals surface area (Å²) >= 11 is 7.87. The third kappa shape index (κ3) is 4.87. The van der Waals surface area contributed by atoms with Crippen LogP contribution in [0.5, 0.6) is 5.75 Å².